The summed E-state index contributed by atoms with van der Waals surface area (Å²) in [4.78, 5) is 40.5. The van der Waals surface area contributed by atoms with Gasteiger partial charge in [-0.15, -0.1) is 0 Å². The van der Waals surface area contributed by atoms with Crippen molar-refractivity contribution in [3.8, 4) is 5.75 Å². The topological polar surface area (TPSA) is 88.2 Å². The van der Waals surface area contributed by atoms with Crippen LogP contribution in [0.5, 0.6) is 5.75 Å². The molecule has 1 N–H and O–H groups in total. The number of carbonyl (C=O) groups excluding carboxylic acids is 3. The van der Waals surface area contributed by atoms with Gasteiger partial charge in [0.25, 0.3) is 5.91 Å². The number of nitrogens with zero attached hydrogens (tertiary/aromatic N) is 2. The molecule has 0 bridgehead atoms. The summed E-state index contributed by atoms with van der Waals surface area (Å²) < 4.78 is 37.0. The normalized spacial score (nSPS) is 23.2. The summed E-state index contributed by atoms with van der Waals surface area (Å²) in [6.45, 7) is 3.16. The molecule has 176 valence electrons. The van der Waals surface area contributed by atoms with Gasteiger partial charge in [0.1, 0.15) is 25.0 Å². The van der Waals surface area contributed by atoms with Crippen molar-refractivity contribution in [1.29, 1.82) is 0 Å². The third-order valence-corrected chi connectivity index (χ3v) is 6.13. The Bertz CT molecular complexity index is 1280. The Kier molecular flexibility index (Phi) is 5.13. The Morgan fingerprint density at radius 2 is 2.00 bits per heavy atom. The SMILES string of the molecule is [2H]c1ccc(OCc2ccc(CN3CCOCC3=O)cc2)c2c1C(=O)N(C1CCC(=C)NC1=O)C2([2H])[2H]. The zero-order chi connectivity index (χ0) is 26.3. The first-order chi connectivity index (χ1) is 17.7. The minimum atomic E-state index is -2.34. The molecule has 0 radical (unpaired) electrons. The van der Waals surface area contributed by atoms with Crippen LogP contribution in [0.2, 0.25) is 0 Å². The van der Waals surface area contributed by atoms with Crippen molar-refractivity contribution in [3.05, 3.63) is 77.0 Å². The zero-order valence-corrected chi connectivity index (χ0v) is 18.6. The van der Waals surface area contributed by atoms with Crippen molar-refractivity contribution in [2.45, 2.75) is 38.5 Å². The second-order valence-electron chi connectivity index (χ2n) is 8.50. The molecule has 0 saturated carbocycles. The fraction of sp³-hybridized carbons (Fsp3) is 0.346. The van der Waals surface area contributed by atoms with Crippen LogP contribution in [0.25, 0.3) is 0 Å². The number of rotatable bonds is 6. The predicted octanol–water partition coefficient (Wildman–Crippen LogP) is 2.37. The lowest BCUT2D eigenvalue weighted by Crippen LogP contribution is -2.49. The fourth-order valence-corrected chi connectivity index (χ4v) is 4.24. The second kappa shape index (κ2) is 9.30. The highest BCUT2D eigenvalue weighted by atomic mass is 16.5. The molecule has 3 aliphatic rings. The average Bonchev–Trinajstić information content (AvgIpc) is 3.07. The molecule has 0 aromatic heterocycles. The van der Waals surface area contributed by atoms with Gasteiger partial charge in [0.15, 0.2) is 0 Å². The molecule has 0 spiro atoms. The number of amides is 3. The van der Waals surface area contributed by atoms with E-state index in [1.165, 1.54) is 12.1 Å². The molecular formula is C26H27N3O5. The summed E-state index contributed by atoms with van der Waals surface area (Å²) in [5.74, 6) is -1.09. The van der Waals surface area contributed by atoms with E-state index in [9.17, 15) is 14.4 Å². The Morgan fingerprint density at radius 3 is 2.76 bits per heavy atom. The number of fused-ring (bicyclic) bond motifs is 1. The molecule has 3 heterocycles. The smallest absolute Gasteiger partial charge is 0.255 e. The summed E-state index contributed by atoms with van der Waals surface area (Å²) in [5, 5.41) is 2.60. The fourth-order valence-electron chi connectivity index (χ4n) is 4.24. The lowest BCUT2D eigenvalue weighted by atomic mass is 10.0. The van der Waals surface area contributed by atoms with Crippen molar-refractivity contribution in [2.24, 2.45) is 0 Å². The van der Waals surface area contributed by atoms with E-state index in [1.54, 1.807) is 4.90 Å². The monoisotopic (exact) mass is 464 g/mol. The Balaban J connectivity index is 1.34. The van der Waals surface area contributed by atoms with Crippen molar-refractivity contribution in [2.75, 3.05) is 19.8 Å². The Morgan fingerprint density at radius 1 is 1.21 bits per heavy atom. The standard InChI is InChI=1S/C26H27N3O5/c1-17-5-10-22(25(31)27-17)29-14-21-20(26(29)32)3-2-4-23(21)34-15-19-8-6-18(7-9-19)13-28-11-12-33-16-24(28)30/h2-4,6-9,22H,1,5,10-16H2,(H,27,31)/i3D,14D2. The lowest BCUT2D eigenvalue weighted by molar-refractivity contribution is -0.143. The van der Waals surface area contributed by atoms with Crippen LogP contribution in [0.15, 0.2) is 54.7 Å². The Hall–Kier alpha value is -3.65. The number of hydrogen-bond acceptors (Lipinski definition) is 5. The highest BCUT2D eigenvalue weighted by molar-refractivity contribution is 6.02. The van der Waals surface area contributed by atoms with Gasteiger partial charge in [0.2, 0.25) is 11.8 Å². The summed E-state index contributed by atoms with van der Waals surface area (Å²) in [6, 6.07) is 9.28. The molecule has 1 atom stereocenters. The van der Waals surface area contributed by atoms with E-state index < -0.39 is 24.4 Å². The van der Waals surface area contributed by atoms with Gasteiger partial charge in [0, 0.05) is 29.9 Å². The van der Waals surface area contributed by atoms with Gasteiger partial charge in [-0.25, -0.2) is 0 Å². The van der Waals surface area contributed by atoms with Crippen molar-refractivity contribution >= 4 is 17.7 Å². The van der Waals surface area contributed by atoms with Crippen molar-refractivity contribution in [3.63, 3.8) is 0 Å². The van der Waals surface area contributed by atoms with Crippen molar-refractivity contribution in [1.82, 2.24) is 15.1 Å². The van der Waals surface area contributed by atoms with E-state index in [-0.39, 0.29) is 48.5 Å². The highest BCUT2D eigenvalue weighted by Crippen LogP contribution is 2.34. The number of carbonyl (C=O) groups is 3. The number of hydrogen-bond donors (Lipinski definition) is 1. The molecule has 2 fully saturated rings. The summed E-state index contributed by atoms with van der Waals surface area (Å²) in [5.41, 5.74) is 2.17. The number of piperidine rings is 1. The summed E-state index contributed by atoms with van der Waals surface area (Å²) in [7, 11) is 0. The van der Waals surface area contributed by atoms with Crippen LogP contribution >= 0.6 is 0 Å². The van der Waals surface area contributed by atoms with Crippen LogP contribution in [0.4, 0.5) is 0 Å². The van der Waals surface area contributed by atoms with Gasteiger partial charge in [-0.3, -0.25) is 14.4 Å². The third-order valence-electron chi connectivity index (χ3n) is 6.13. The molecule has 0 aliphatic carbocycles. The Labute approximate surface area is 202 Å². The van der Waals surface area contributed by atoms with Gasteiger partial charge in [-0.2, -0.15) is 0 Å². The van der Waals surface area contributed by atoms with E-state index in [1.807, 2.05) is 24.3 Å². The maximum Gasteiger partial charge on any atom is 0.255 e. The van der Waals surface area contributed by atoms with Crippen LogP contribution in [-0.4, -0.2) is 53.3 Å². The number of morpholine rings is 1. The van der Waals surface area contributed by atoms with E-state index in [0.29, 0.717) is 31.8 Å². The largest absolute Gasteiger partial charge is 0.489 e. The van der Waals surface area contributed by atoms with Gasteiger partial charge in [-0.1, -0.05) is 36.9 Å². The molecule has 8 nitrogen and oxygen atoms in total. The number of benzene rings is 2. The first-order valence-electron chi connectivity index (χ1n) is 12.7. The van der Waals surface area contributed by atoms with E-state index in [2.05, 4.69) is 11.9 Å². The van der Waals surface area contributed by atoms with Crippen LogP contribution in [-0.2, 0) is 34.0 Å². The first-order valence-corrected chi connectivity index (χ1v) is 11.2. The minimum absolute atomic E-state index is 0.0374. The van der Waals surface area contributed by atoms with Gasteiger partial charge in [-0.05, 0) is 36.1 Å². The van der Waals surface area contributed by atoms with Gasteiger partial charge in [0.05, 0.1) is 17.2 Å². The number of ether oxygens (including phenoxy) is 2. The van der Waals surface area contributed by atoms with Gasteiger partial charge >= 0.3 is 0 Å². The summed E-state index contributed by atoms with van der Waals surface area (Å²) >= 11 is 0. The van der Waals surface area contributed by atoms with Crippen molar-refractivity contribution < 1.29 is 28.0 Å². The van der Waals surface area contributed by atoms with Crippen LogP contribution in [0.1, 0.15) is 44.0 Å². The predicted molar refractivity (Wildman–Crippen MR) is 124 cm³/mol. The summed E-state index contributed by atoms with van der Waals surface area (Å²) in [6.07, 6.45) is 0.676. The minimum Gasteiger partial charge on any atom is -0.489 e. The molecule has 2 aromatic rings. The number of nitrogens with one attached hydrogen (secondary N) is 1. The highest BCUT2D eigenvalue weighted by Gasteiger charge is 2.39. The first kappa shape index (κ1) is 18.7. The molecule has 8 heteroatoms. The van der Waals surface area contributed by atoms with Gasteiger partial charge < -0.3 is 24.6 Å². The van der Waals surface area contributed by atoms with Crippen LogP contribution < -0.4 is 10.1 Å². The molecule has 34 heavy (non-hydrogen) atoms. The zero-order valence-electron chi connectivity index (χ0n) is 21.6. The average molecular weight is 465 g/mol. The lowest BCUT2D eigenvalue weighted by Gasteiger charge is -2.31. The quantitative estimate of drug-likeness (QED) is 0.709. The maximum atomic E-state index is 13.3. The van der Waals surface area contributed by atoms with Crippen LogP contribution in [0, 0.1) is 0 Å². The molecule has 3 amide bonds. The third kappa shape index (κ3) is 4.41. The second-order valence-corrected chi connectivity index (χ2v) is 8.50. The molecular weight excluding hydrogens is 434 g/mol. The molecule has 3 aliphatic heterocycles. The molecule has 1 unspecified atom stereocenters. The number of allylic oxidation sites excluding steroid dienone is 1. The molecule has 5 rings (SSSR count). The van der Waals surface area contributed by atoms with Crippen LogP contribution in [0.3, 0.4) is 0 Å². The van der Waals surface area contributed by atoms with E-state index in [4.69, 9.17) is 13.6 Å². The van der Waals surface area contributed by atoms with E-state index in [0.717, 1.165) is 16.0 Å². The molecule has 2 saturated heterocycles. The van der Waals surface area contributed by atoms with E-state index >= 15 is 0 Å². The maximum absolute atomic E-state index is 13.3. The molecule has 2 aromatic carbocycles.